The van der Waals surface area contributed by atoms with E-state index in [-0.39, 0.29) is 18.5 Å². The van der Waals surface area contributed by atoms with E-state index in [0.717, 1.165) is 17.6 Å². The molecule has 0 spiro atoms. The van der Waals surface area contributed by atoms with Crippen LogP contribution >= 0.6 is 28.3 Å². The number of hydrogen-bond acceptors (Lipinski definition) is 2. The van der Waals surface area contributed by atoms with Crippen LogP contribution in [0.3, 0.4) is 0 Å². The van der Waals surface area contributed by atoms with E-state index in [4.69, 9.17) is 4.74 Å². The van der Waals surface area contributed by atoms with Crippen molar-refractivity contribution in [2.24, 2.45) is 0 Å². The van der Waals surface area contributed by atoms with Crippen LogP contribution < -0.4 is 0 Å². The molecule has 2 heterocycles. The topological polar surface area (TPSA) is 12.5 Å². The molecular weight excluding hydrogens is 314 g/mol. The Morgan fingerprint density at radius 2 is 1.94 bits per heavy atom. The summed E-state index contributed by atoms with van der Waals surface area (Å²) in [4.78, 5) is 2.61. The number of morpholine rings is 1. The average molecular weight is 333 g/mol. The first-order valence-electron chi connectivity index (χ1n) is 6.44. The Kier molecular flexibility index (Phi) is 5.07. The van der Waals surface area contributed by atoms with Gasteiger partial charge in [0.05, 0.1) is 12.7 Å². The van der Waals surface area contributed by atoms with Crippen molar-refractivity contribution >= 4 is 28.3 Å². The van der Waals surface area contributed by atoms with Crippen molar-refractivity contribution in [3.63, 3.8) is 0 Å². The third-order valence-corrected chi connectivity index (χ3v) is 4.41. The van der Waals surface area contributed by atoms with Crippen LogP contribution in [0.2, 0.25) is 0 Å². The van der Waals surface area contributed by atoms with Crippen LogP contribution in [0.4, 0.5) is 0 Å². The summed E-state index contributed by atoms with van der Waals surface area (Å²) in [7, 11) is 0. The lowest BCUT2D eigenvalue weighted by atomic mass is 9.98. The molecular formula is C14H19BrClNO. The summed E-state index contributed by atoms with van der Waals surface area (Å²) in [5.41, 5.74) is 1.30. The van der Waals surface area contributed by atoms with Crippen molar-refractivity contribution in [2.45, 2.75) is 31.4 Å². The second kappa shape index (κ2) is 6.38. The molecule has 0 amide bonds. The first-order chi connectivity index (χ1) is 8.33. The van der Waals surface area contributed by atoms with Crippen molar-refractivity contribution in [3.05, 3.63) is 34.3 Å². The highest BCUT2D eigenvalue weighted by Crippen LogP contribution is 2.29. The minimum atomic E-state index is 0. The molecule has 3 rings (SSSR count). The zero-order valence-corrected chi connectivity index (χ0v) is 12.8. The number of hydrogen-bond donors (Lipinski definition) is 0. The second-order valence-corrected chi connectivity index (χ2v) is 5.93. The van der Waals surface area contributed by atoms with Crippen LogP contribution in [0.1, 0.15) is 30.9 Å². The maximum absolute atomic E-state index is 6.02. The Labute approximate surface area is 123 Å². The highest BCUT2D eigenvalue weighted by atomic mass is 79.9. The van der Waals surface area contributed by atoms with Crippen LogP contribution in [-0.4, -0.2) is 30.6 Å². The van der Waals surface area contributed by atoms with Crippen molar-refractivity contribution in [1.29, 1.82) is 0 Å². The molecule has 0 saturated carbocycles. The Morgan fingerprint density at radius 3 is 2.72 bits per heavy atom. The molecule has 2 nitrogen and oxygen atoms in total. The molecule has 2 aliphatic rings. The van der Waals surface area contributed by atoms with Gasteiger partial charge in [0.25, 0.3) is 0 Å². The quantitative estimate of drug-likeness (QED) is 0.775. The molecule has 1 aromatic rings. The number of halogens is 2. The lowest BCUT2D eigenvalue weighted by molar-refractivity contribution is -0.0766. The SMILES string of the molecule is Brc1ccc(C2CN3CCCCC3CO2)cc1.Cl. The molecule has 0 N–H and O–H groups in total. The Bertz CT molecular complexity index is 384. The first-order valence-corrected chi connectivity index (χ1v) is 7.23. The summed E-state index contributed by atoms with van der Waals surface area (Å²) in [6, 6.07) is 9.20. The van der Waals surface area contributed by atoms with Gasteiger partial charge < -0.3 is 4.74 Å². The molecule has 2 aliphatic heterocycles. The molecule has 2 fully saturated rings. The number of rotatable bonds is 1. The van der Waals surface area contributed by atoms with Crippen LogP contribution in [-0.2, 0) is 4.74 Å². The lowest BCUT2D eigenvalue weighted by Gasteiger charge is -2.42. The van der Waals surface area contributed by atoms with Crippen molar-refractivity contribution in [1.82, 2.24) is 4.90 Å². The second-order valence-electron chi connectivity index (χ2n) is 5.02. The number of benzene rings is 1. The number of fused-ring (bicyclic) bond motifs is 1. The summed E-state index contributed by atoms with van der Waals surface area (Å²) in [6.45, 7) is 3.22. The molecule has 4 heteroatoms. The average Bonchev–Trinajstić information content (AvgIpc) is 2.39. The van der Waals surface area contributed by atoms with Crippen LogP contribution in [0.5, 0.6) is 0 Å². The third kappa shape index (κ3) is 3.08. The molecule has 2 saturated heterocycles. The maximum Gasteiger partial charge on any atom is 0.0952 e. The number of nitrogens with zero attached hydrogens (tertiary/aromatic N) is 1. The van der Waals surface area contributed by atoms with Gasteiger partial charge in [0.2, 0.25) is 0 Å². The van der Waals surface area contributed by atoms with E-state index in [1.807, 2.05) is 0 Å². The van der Waals surface area contributed by atoms with Crippen LogP contribution in [0, 0.1) is 0 Å². The number of piperidine rings is 1. The summed E-state index contributed by atoms with van der Waals surface area (Å²) in [6.07, 6.45) is 4.29. The van der Waals surface area contributed by atoms with Gasteiger partial charge in [0.15, 0.2) is 0 Å². The number of ether oxygens (including phenoxy) is 1. The summed E-state index contributed by atoms with van der Waals surface area (Å²) >= 11 is 3.47. The molecule has 2 atom stereocenters. The summed E-state index contributed by atoms with van der Waals surface area (Å²) in [5, 5.41) is 0. The van der Waals surface area contributed by atoms with Gasteiger partial charge in [0.1, 0.15) is 0 Å². The largest absolute Gasteiger partial charge is 0.371 e. The van der Waals surface area contributed by atoms with Gasteiger partial charge in [-0.1, -0.05) is 34.5 Å². The predicted molar refractivity (Wildman–Crippen MR) is 79.3 cm³/mol. The lowest BCUT2D eigenvalue weighted by Crippen LogP contribution is -2.48. The van der Waals surface area contributed by atoms with E-state index in [1.54, 1.807) is 0 Å². The van der Waals surface area contributed by atoms with E-state index in [2.05, 4.69) is 45.1 Å². The zero-order chi connectivity index (χ0) is 11.7. The molecule has 0 aliphatic carbocycles. The predicted octanol–water partition coefficient (Wildman–Crippen LogP) is 3.80. The first kappa shape index (κ1) is 14.3. The Hall–Kier alpha value is -0.0900. The van der Waals surface area contributed by atoms with Gasteiger partial charge in [-0.05, 0) is 37.1 Å². The van der Waals surface area contributed by atoms with Gasteiger partial charge in [-0.25, -0.2) is 0 Å². The van der Waals surface area contributed by atoms with E-state index in [0.29, 0.717) is 6.04 Å². The highest BCUT2D eigenvalue weighted by molar-refractivity contribution is 9.10. The molecule has 0 aromatic heterocycles. The van der Waals surface area contributed by atoms with Crippen molar-refractivity contribution in [2.75, 3.05) is 19.7 Å². The van der Waals surface area contributed by atoms with Gasteiger partial charge in [0, 0.05) is 17.1 Å². The highest BCUT2D eigenvalue weighted by Gasteiger charge is 2.31. The minimum absolute atomic E-state index is 0. The van der Waals surface area contributed by atoms with Crippen molar-refractivity contribution in [3.8, 4) is 0 Å². The van der Waals surface area contributed by atoms with E-state index < -0.39 is 0 Å². The molecule has 18 heavy (non-hydrogen) atoms. The summed E-state index contributed by atoms with van der Waals surface area (Å²) in [5.74, 6) is 0. The monoisotopic (exact) mass is 331 g/mol. The fourth-order valence-electron chi connectivity index (χ4n) is 2.86. The van der Waals surface area contributed by atoms with Gasteiger partial charge in [-0.2, -0.15) is 0 Å². The fraction of sp³-hybridized carbons (Fsp3) is 0.571. The normalized spacial score (nSPS) is 28.3. The van der Waals surface area contributed by atoms with Gasteiger partial charge in [-0.15, -0.1) is 12.4 Å². The van der Waals surface area contributed by atoms with Gasteiger partial charge >= 0.3 is 0 Å². The van der Waals surface area contributed by atoms with Gasteiger partial charge in [-0.3, -0.25) is 4.90 Å². The molecule has 100 valence electrons. The zero-order valence-electron chi connectivity index (χ0n) is 10.3. The van der Waals surface area contributed by atoms with Crippen molar-refractivity contribution < 1.29 is 4.74 Å². The summed E-state index contributed by atoms with van der Waals surface area (Å²) < 4.78 is 7.15. The van der Waals surface area contributed by atoms with Crippen LogP contribution in [0.15, 0.2) is 28.7 Å². The molecule has 0 bridgehead atoms. The fourth-order valence-corrected chi connectivity index (χ4v) is 3.13. The molecule has 0 radical (unpaired) electrons. The third-order valence-electron chi connectivity index (χ3n) is 3.88. The van der Waals surface area contributed by atoms with E-state index >= 15 is 0 Å². The standard InChI is InChI=1S/C14H18BrNO.ClH/c15-12-6-4-11(5-7-12)14-9-16-8-2-1-3-13(16)10-17-14;/h4-7,13-14H,1-3,8-10H2;1H. The Balaban J connectivity index is 0.00000120. The minimum Gasteiger partial charge on any atom is -0.371 e. The molecule has 2 unspecified atom stereocenters. The smallest absolute Gasteiger partial charge is 0.0952 e. The van der Waals surface area contributed by atoms with E-state index in [9.17, 15) is 0 Å². The van der Waals surface area contributed by atoms with Crippen LogP contribution in [0.25, 0.3) is 0 Å². The Morgan fingerprint density at radius 1 is 1.17 bits per heavy atom. The maximum atomic E-state index is 6.02. The van der Waals surface area contributed by atoms with E-state index in [1.165, 1.54) is 31.4 Å². The molecule has 1 aromatic carbocycles.